The maximum absolute atomic E-state index is 11.1. The summed E-state index contributed by atoms with van der Waals surface area (Å²) in [4.78, 5) is 21.6. The van der Waals surface area contributed by atoms with Crippen LogP contribution in [0, 0.1) is 0 Å². The van der Waals surface area contributed by atoms with Crippen molar-refractivity contribution in [2.45, 2.75) is 12.5 Å². The standard InChI is InChI=1S/C12H15BrN2O4/c1-19-8(5-11(16)17)6-15-7-2-3-9(12(14)18)10(13)4-7/h2-4,8,15H,5-6H2,1H3,(H2,14,18)(H,16,17). The molecule has 0 aliphatic heterocycles. The van der Waals surface area contributed by atoms with Gasteiger partial charge in [-0.25, -0.2) is 0 Å². The summed E-state index contributed by atoms with van der Waals surface area (Å²) < 4.78 is 5.63. The number of hydrogen-bond donors (Lipinski definition) is 3. The highest BCUT2D eigenvalue weighted by Crippen LogP contribution is 2.21. The van der Waals surface area contributed by atoms with Crippen LogP contribution in [-0.4, -0.2) is 36.7 Å². The molecule has 19 heavy (non-hydrogen) atoms. The van der Waals surface area contributed by atoms with Crippen LogP contribution in [0.2, 0.25) is 0 Å². The zero-order valence-electron chi connectivity index (χ0n) is 10.4. The molecule has 0 radical (unpaired) electrons. The third-order valence-electron chi connectivity index (χ3n) is 2.50. The summed E-state index contributed by atoms with van der Waals surface area (Å²) >= 11 is 3.25. The molecule has 1 amide bonds. The van der Waals surface area contributed by atoms with Gasteiger partial charge in [0.2, 0.25) is 5.91 Å². The number of primary amides is 1. The van der Waals surface area contributed by atoms with Gasteiger partial charge in [-0.1, -0.05) is 0 Å². The monoisotopic (exact) mass is 330 g/mol. The molecule has 0 saturated carbocycles. The lowest BCUT2D eigenvalue weighted by Gasteiger charge is -2.15. The number of carbonyl (C=O) groups excluding carboxylic acids is 1. The summed E-state index contributed by atoms with van der Waals surface area (Å²) in [5, 5.41) is 11.7. The number of halogens is 1. The first-order chi connectivity index (χ1) is 8.93. The van der Waals surface area contributed by atoms with Gasteiger partial charge in [-0.3, -0.25) is 9.59 Å². The molecule has 0 spiro atoms. The summed E-state index contributed by atoms with van der Waals surface area (Å²) in [6.45, 7) is 0.352. The molecular weight excluding hydrogens is 316 g/mol. The van der Waals surface area contributed by atoms with E-state index in [2.05, 4.69) is 21.2 Å². The Morgan fingerprint density at radius 2 is 2.21 bits per heavy atom. The van der Waals surface area contributed by atoms with E-state index in [1.807, 2.05) is 0 Å². The van der Waals surface area contributed by atoms with E-state index in [0.29, 0.717) is 16.6 Å². The molecule has 0 aliphatic carbocycles. The quantitative estimate of drug-likeness (QED) is 0.702. The molecule has 1 aromatic rings. The average molecular weight is 331 g/mol. The van der Waals surface area contributed by atoms with Crippen molar-refractivity contribution >= 4 is 33.5 Å². The number of nitrogens with two attached hydrogens (primary N) is 1. The molecule has 104 valence electrons. The Balaban J connectivity index is 2.65. The van der Waals surface area contributed by atoms with Gasteiger partial charge in [-0.15, -0.1) is 0 Å². The van der Waals surface area contributed by atoms with Crippen molar-refractivity contribution in [1.82, 2.24) is 0 Å². The molecule has 4 N–H and O–H groups in total. The minimum absolute atomic E-state index is 0.0793. The summed E-state index contributed by atoms with van der Waals surface area (Å²) in [5.74, 6) is -1.43. The number of hydrogen-bond acceptors (Lipinski definition) is 4. The summed E-state index contributed by atoms with van der Waals surface area (Å²) in [6, 6.07) is 4.99. The van der Waals surface area contributed by atoms with Crippen molar-refractivity contribution in [2.75, 3.05) is 19.0 Å². The fourth-order valence-corrected chi connectivity index (χ4v) is 2.06. The van der Waals surface area contributed by atoms with Gasteiger partial charge in [0.1, 0.15) is 0 Å². The lowest BCUT2D eigenvalue weighted by atomic mass is 10.2. The highest BCUT2D eigenvalue weighted by molar-refractivity contribution is 9.10. The highest BCUT2D eigenvalue weighted by Gasteiger charge is 2.12. The second-order valence-electron chi connectivity index (χ2n) is 3.90. The van der Waals surface area contributed by atoms with Crippen LogP contribution in [0.1, 0.15) is 16.8 Å². The molecular formula is C12H15BrN2O4. The summed E-state index contributed by atoms with van der Waals surface area (Å²) in [6.07, 6.45) is -0.503. The van der Waals surface area contributed by atoms with Crippen LogP contribution in [0.15, 0.2) is 22.7 Å². The van der Waals surface area contributed by atoms with Gasteiger partial charge in [0.15, 0.2) is 0 Å². The second-order valence-corrected chi connectivity index (χ2v) is 4.75. The lowest BCUT2D eigenvalue weighted by Crippen LogP contribution is -2.25. The van der Waals surface area contributed by atoms with E-state index in [9.17, 15) is 9.59 Å². The number of aliphatic carboxylic acids is 1. The fraction of sp³-hybridized carbons (Fsp3) is 0.333. The Morgan fingerprint density at radius 1 is 1.53 bits per heavy atom. The molecule has 0 saturated heterocycles. The number of nitrogens with one attached hydrogen (secondary N) is 1. The summed E-state index contributed by atoms with van der Waals surface area (Å²) in [7, 11) is 1.46. The zero-order chi connectivity index (χ0) is 14.4. The molecule has 1 atom stereocenters. The smallest absolute Gasteiger partial charge is 0.306 e. The Labute approximate surface area is 119 Å². The fourth-order valence-electron chi connectivity index (χ4n) is 1.49. The number of ether oxygens (including phenoxy) is 1. The maximum Gasteiger partial charge on any atom is 0.306 e. The van der Waals surface area contributed by atoms with Gasteiger partial charge in [-0.2, -0.15) is 0 Å². The molecule has 6 nitrogen and oxygen atoms in total. The van der Waals surface area contributed by atoms with E-state index in [0.717, 1.165) is 5.69 Å². The Kier molecular flexibility index (Phi) is 5.78. The minimum atomic E-state index is -0.918. The molecule has 0 fully saturated rings. The van der Waals surface area contributed by atoms with E-state index in [1.165, 1.54) is 7.11 Å². The first-order valence-corrected chi connectivity index (χ1v) is 6.31. The molecule has 0 heterocycles. The van der Waals surface area contributed by atoms with Crippen LogP contribution in [0.3, 0.4) is 0 Å². The van der Waals surface area contributed by atoms with E-state index in [1.54, 1.807) is 18.2 Å². The highest BCUT2D eigenvalue weighted by atomic mass is 79.9. The number of anilines is 1. The number of amides is 1. The molecule has 1 rings (SSSR count). The second kappa shape index (κ2) is 7.10. The largest absolute Gasteiger partial charge is 0.481 e. The van der Waals surface area contributed by atoms with Crippen LogP contribution < -0.4 is 11.1 Å². The van der Waals surface area contributed by atoms with Crippen molar-refractivity contribution in [3.63, 3.8) is 0 Å². The van der Waals surface area contributed by atoms with Crippen LogP contribution >= 0.6 is 15.9 Å². The van der Waals surface area contributed by atoms with Gasteiger partial charge in [0.25, 0.3) is 0 Å². The number of carbonyl (C=O) groups is 2. The normalized spacial score (nSPS) is 11.9. The van der Waals surface area contributed by atoms with E-state index >= 15 is 0 Å². The van der Waals surface area contributed by atoms with Crippen LogP contribution in [0.4, 0.5) is 5.69 Å². The van der Waals surface area contributed by atoms with Crippen molar-refractivity contribution in [2.24, 2.45) is 5.73 Å². The third kappa shape index (κ3) is 4.88. The third-order valence-corrected chi connectivity index (χ3v) is 3.16. The molecule has 0 aromatic heterocycles. The van der Waals surface area contributed by atoms with Crippen molar-refractivity contribution in [3.8, 4) is 0 Å². The van der Waals surface area contributed by atoms with Gasteiger partial charge >= 0.3 is 5.97 Å². The number of methoxy groups -OCH3 is 1. The van der Waals surface area contributed by atoms with Gasteiger partial charge in [0.05, 0.1) is 18.1 Å². The van der Waals surface area contributed by atoms with Crippen molar-refractivity contribution in [3.05, 3.63) is 28.2 Å². The predicted octanol–water partition coefficient (Wildman–Crippen LogP) is 1.45. The van der Waals surface area contributed by atoms with Crippen molar-refractivity contribution < 1.29 is 19.4 Å². The Morgan fingerprint density at radius 3 is 2.68 bits per heavy atom. The molecule has 1 unspecified atom stereocenters. The van der Waals surface area contributed by atoms with E-state index in [-0.39, 0.29) is 6.42 Å². The lowest BCUT2D eigenvalue weighted by molar-refractivity contribution is -0.139. The van der Waals surface area contributed by atoms with E-state index in [4.69, 9.17) is 15.6 Å². The zero-order valence-corrected chi connectivity index (χ0v) is 11.9. The topological polar surface area (TPSA) is 102 Å². The summed E-state index contributed by atoms with van der Waals surface area (Å²) in [5.41, 5.74) is 6.32. The van der Waals surface area contributed by atoms with Crippen LogP contribution in [0.5, 0.6) is 0 Å². The Hall–Kier alpha value is -1.60. The first kappa shape index (κ1) is 15.5. The number of benzene rings is 1. The first-order valence-electron chi connectivity index (χ1n) is 5.52. The average Bonchev–Trinajstić information content (AvgIpc) is 2.33. The maximum atomic E-state index is 11.1. The van der Waals surface area contributed by atoms with Crippen LogP contribution in [0.25, 0.3) is 0 Å². The minimum Gasteiger partial charge on any atom is -0.481 e. The van der Waals surface area contributed by atoms with Gasteiger partial charge in [-0.05, 0) is 34.1 Å². The van der Waals surface area contributed by atoms with Crippen LogP contribution in [-0.2, 0) is 9.53 Å². The van der Waals surface area contributed by atoms with Gasteiger partial charge in [0, 0.05) is 23.8 Å². The Bertz CT molecular complexity index is 479. The molecule has 0 bridgehead atoms. The molecule has 7 heteroatoms. The number of carboxylic acids is 1. The molecule has 0 aliphatic rings. The SMILES string of the molecule is COC(CNc1ccc(C(N)=O)c(Br)c1)CC(=O)O. The predicted molar refractivity (Wildman–Crippen MR) is 74.2 cm³/mol. The van der Waals surface area contributed by atoms with E-state index < -0.39 is 18.0 Å². The van der Waals surface area contributed by atoms with Crippen molar-refractivity contribution in [1.29, 1.82) is 0 Å². The van der Waals surface area contributed by atoms with Gasteiger partial charge < -0.3 is 20.9 Å². The number of rotatable bonds is 7. The molecule has 1 aromatic carbocycles. The number of carboxylic acid groups (broad SMARTS) is 1.